The standard InChI is InChI=1S/C20H20ClN3O2/c1-3-19(25)23-17-7-6-13-16(17)9-22-10-18(13)24-11(2)15-8-12(21)4-5-14(15)20(24)26/h4-5,8-11,17H,3,6-7H2,1-2H3,(H,23,25)/t11-,17?/m1/s1. The maximum Gasteiger partial charge on any atom is 0.259 e. The van der Waals surface area contributed by atoms with Gasteiger partial charge in [-0.05, 0) is 54.7 Å². The summed E-state index contributed by atoms with van der Waals surface area (Å²) in [5.41, 5.74) is 4.57. The average Bonchev–Trinajstić information content (AvgIpc) is 3.14. The van der Waals surface area contributed by atoms with E-state index in [0.717, 1.165) is 35.2 Å². The Kier molecular flexibility index (Phi) is 4.19. The second-order valence-electron chi connectivity index (χ2n) is 6.82. The quantitative estimate of drug-likeness (QED) is 0.890. The third kappa shape index (κ3) is 2.58. The van der Waals surface area contributed by atoms with Crippen LogP contribution in [-0.2, 0) is 11.2 Å². The van der Waals surface area contributed by atoms with Crippen LogP contribution in [0.3, 0.4) is 0 Å². The first-order valence-corrected chi connectivity index (χ1v) is 9.28. The van der Waals surface area contributed by atoms with Gasteiger partial charge in [0.15, 0.2) is 0 Å². The lowest BCUT2D eigenvalue weighted by atomic mass is 10.1. The first-order chi connectivity index (χ1) is 12.5. The molecule has 0 saturated heterocycles. The highest BCUT2D eigenvalue weighted by Crippen LogP contribution is 2.43. The molecule has 0 spiro atoms. The highest BCUT2D eigenvalue weighted by molar-refractivity contribution is 6.31. The topological polar surface area (TPSA) is 62.3 Å². The zero-order valence-electron chi connectivity index (χ0n) is 14.8. The van der Waals surface area contributed by atoms with E-state index in [4.69, 9.17) is 11.6 Å². The van der Waals surface area contributed by atoms with Crippen molar-refractivity contribution >= 4 is 29.1 Å². The number of anilines is 1. The van der Waals surface area contributed by atoms with E-state index in [2.05, 4.69) is 10.3 Å². The van der Waals surface area contributed by atoms with Crippen LogP contribution < -0.4 is 10.2 Å². The predicted octanol–water partition coefficient (Wildman–Crippen LogP) is 3.97. The summed E-state index contributed by atoms with van der Waals surface area (Å²) in [6.07, 6.45) is 5.66. The molecule has 1 aliphatic heterocycles. The zero-order chi connectivity index (χ0) is 18.4. The van der Waals surface area contributed by atoms with Gasteiger partial charge in [0, 0.05) is 23.2 Å². The van der Waals surface area contributed by atoms with Crippen molar-refractivity contribution in [2.75, 3.05) is 4.90 Å². The first kappa shape index (κ1) is 17.0. The summed E-state index contributed by atoms with van der Waals surface area (Å²) < 4.78 is 0. The second-order valence-corrected chi connectivity index (χ2v) is 7.26. The van der Waals surface area contributed by atoms with Gasteiger partial charge < -0.3 is 5.32 Å². The average molecular weight is 370 g/mol. The molecule has 0 radical (unpaired) electrons. The molecule has 1 N–H and O–H groups in total. The van der Waals surface area contributed by atoms with Gasteiger partial charge in [-0.1, -0.05) is 18.5 Å². The van der Waals surface area contributed by atoms with E-state index in [9.17, 15) is 9.59 Å². The molecule has 2 aromatic rings. The maximum atomic E-state index is 13.0. The van der Waals surface area contributed by atoms with Crippen LogP contribution in [0.5, 0.6) is 0 Å². The lowest BCUT2D eigenvalue weighted by molar-refractivity contribution is -0.121. The van der Waals surface area contributed by atoms with Crippen LogP contribution in [-0.4, -0.2) is 16.8 Å². The van der Waals surface area contributed by atoms with Crippen LogP contribution in [0.2, 0.25) is 5.02 Å². The highest BCUT2D eigenvalue weighted by atomic mass is 35.5. The Bertz CT molecular complexity index is 912. The Hall–Kier alpha value is -2.40. The number of amides is 2. The summed E-state index contributed by atoms with van der Waals surface area (Å²) in [7, 11) is 0. The van der Waals surface area contributed by atoms with Crippen molar-refractivity contribution < 1.29 is 9.59 Å². The molecule has 0 saturated carbocycles. The van der Waals surface area contributed by atoms with Crippen LogP contribution in [0.15, 0.2) is 30.6 Å². The van der Waals surface area contributed by atoms with Gasteiger partial charge in [-0.15, -0.1) is 0 Å². The number of nitrogens with zero attached hydrogens (tertiary/aromatic N) is 2. The minimum absolute atomic E-state index is 0.0274. The van der Waals surface area contributed by atoms with E-state index in [1.807, 2.05) is 26.1 Å². The number of carbonyl (C=O) groups excluding carboxylic acids is 2. The van der Waals surface area contributed by atoms with Crippen molar-refractivity contribution in [3.8, 4) is 0 Å². The van der Waals surface area contributed by atoms with E-state index < -0.39 is 0 Å². The summed E-state index contributed by atoms with van der Waals surface area (Å²) >= 11 is 6.12. The Labute approximate surface area is 157 Å². The molecule has 0 bridgehead atoms. The fourth-order valence-corrected chi connectivity index (χ4v) is 4.18. The number of aromatic nitrogens is 1. The van der Waals surface area contributed by atoms with Crippen LogP contribution in [0.1, 0.15) is 65.8 Å². The van der Waals surface area contributed by atoms with Crippen molar-refractivity contribution in [2.45, 2.75) is 45.2 Å². The summed E-state index contributed by atoms with van der Waals surface area (Å²) in [5.74, 6) is 0.00123. The number of fused-ring (bicyclic) bond motifs is 2. The van der Waals surface area contributed by atoms with Gasteiger partial charge in [0.25, 0.3) is 5.91 Å². The van der Waals surface area contributed by atoms with Gasteiger partial charge in [-0.25, -0.2) is 0 Å². The molecule has 2 aliphatic rings. The number of nitrogens with one attached hydrogen (secondary N) is 1. The molecule has 4 rings (SSSR count). The summed E-state index contributed by atoms with van der Waals surface area (Å²) in [5, 5.41) is 3.68. The highest BCUT2D eigenvalue weighted by Gasteiger charge is 2.38. The molecular formula is C20H20ClN3O2. The molecular weight excluding hydrogens is 350 g/mol. The van der Waals surface area contributed by atoms with Gasteiger partial charge in [0.05, 0.1) is 24.0 Å². The lowest BCUT2D eigenvalue weighted by Gasteiger charge is -2.24. The van der Waals surface area contributed by atoms with E-state index in [0.29, 0.717) is 17.0 Å². The normalized spacial score (nSPS) is 20.9. The van der Waals surface area contributed by atoms with Crippen LogP contribution >= 0.6 is 11.6 Å². The zero-order valence-corrected chi connectivity index (χ0v) is 15.5. The number of rotatable bonds is 3. The van der Waals surface area contributed by atoms with E-state index >= 15 is 0 Å². The predicted molar refractivity (Wildman–Crippen MR) is 100 cm³/mol. The first-order valence-electron chi connectivity index (χ1n) is 8.90. The van der Waals surface area contributed by atoms with Crippen LogP contribution in [0.25, 0.3) is 0 Å². The molecule has 2 atom stereocenters. The molecule has 2 amide bonds. The number of hydrogen-bond acceptors (Lipinski definition) is 3. The number of carbonyl (C=O) groups is 2. The SMILES string of the molecule is CCC(=O)NC1CCc2c1cncc2N1C(=O)c2ccc(Cl)cc2[C@H]1C. The Morgan fingerprint density at radius 3 is 2.92 bits per heavy atom. The fraction of sp³-hybridized carbons (Fsp3) is 0.350. The summed E-state index contributed by atoms with van der Waals surface area (Å²) in [4.78, 5) is 31.0. The van der Waals surface area contributed by atoms with Gasteiger partial charge in [-0.3, -0.25) is 19.5 Å². The van der Waals surface area contributed by atoms with Gasteiger partial charge in [0.2, 0.25) is 5.91 Å². The summed E-state index contributed by atoms with van der Waals surface area (Å²) in [6, 6.07) is 5.26. The fourth-order valence-electron chi connectivity index (χ4n) is 4.00. The molecule has 1 aliphatic carbocycles. The molecule has 5 nitrogen and oxygen atoms in total. The molecule has 2 heterocycles. The molecule has 134 valence electrons. The van der Waals surface area contributed by atoms with E-state index in [1.165, 1.54) is 0 Å². The van der Waals surface area contributed by atoms with Crippen LogP contribution in [0, 0.1) is 0 Å². The molecule has 1 unspecified atom stereocenters. The van der Waals surface area contributed by atoms with Gasteiger partial charge in [-0.2, -0.15) is 0 Å². The van der Waals surface area contributed by atoms with E-state index in [-0.39, 0.29) is 23.9 Å². The van der Waals surface area contributed by atoms with Crippen molar-refractivity contribution in [3.63, 3.8) is 0 Å². The molecule has 26 heavy (non-hydrogen) atoms. The Balaban J connectivity index is 1.73. The van der Waals surface area contributed by atoms with Gasteiger partial charge in [0.1, 0.15) is 0 Å². The maximum absolute atomic E-state index is 13.0. The van der Waals surface area contributed by atoms with Crippen molar-refractivity contribution in [1.82, 2.24) is 10.3 Å². The van der Waals surface area contributed by atoms with Crippen molar-refractivity contribution in [1.29, 1.82) is 0 Å². The molecule has 1 aromatic heterocycles. The Morgan fingerprint density at radius 2 is 2.15 bits per heavy atom. The number of benzene rings is 1. The van der Waals surface area contributed by atoms with Crippen molar-refractivity contribution in [3.05, 3.63) is 57.9 Å². The second kappa shape index (κ2) is 6.40. The third-order valence-corrected chi connectivity index (χ3v) is 5.58. The van der Waals surface area contributed by atoms with Gasteiger partial charge >= 0.3 is 0 Å². The summed E-state index contributed by atoms with van der Waals surface area (Å²) in [6.45, 7) is 3.84. The number of hydrogen-bond donors (Lipinski definition) is 1. The minimum Gasteiger partial charge on any atom is -0.349 e. The minimum atomic E-state index is -0.103. The lowest BCUT2D eigenvalue weighted by Crippen LogP contribution is -2.28. The molecule has 6 heteroatoms. The number of halogens is 1. The van der Waals surface area contributed by atoms with Crippen molar-refractivity contribution in [2.24, 2.45) is 0 Å². The molecule has 1 aromatic carbocycles. The van der Waals surface area contributed by atoms with Crippen LogP contribution in [0.4, 0.5) is 5.69 Å². The largest absolute Gasteiger partial charge is 0.349 e. The van der Waals surface area contributed by atoms with E-state index in [1.54, 1.807) is 23.2 Å². The molecule has 0 fully saturated rings. The third-order valence-electron chi connectivity index (χ3n) is 5.34. The Morgan fingerprint density at radius 1 is 1.35 bits per heavy atom. The monoisotopic (exact) mass is 369 g/mol. The number of pyridine rings is 1. The smallest absolute Gasteiger partial charge is 0.259 e.